The number of para-hydroxylation sites is 1. The summed E-state index contributed by atoms with van der Waals surface area (Å²) < 4.78 is 2.91. The van der Waals surface area contributed by atoms with E-state index in [9.17, 15) is 10.1 Å². The molecule has 0 saturated carbocycles. The Morgan fingerprint density at radius 2 is 1.93 bits per heavy atom. The lowest BCUT2D eigenvalue weighted by atomic mass is 10.2. The second-order valence-corrected chi connectivity index (χ2v) is 7.33. The number of hydrogen-bond donors (Lipinski definition) is 1. The monoisotopic (exact) mass is 383 g/mol. The number of aromatic nitrogens is 3. The van der Waals surface area contributed by atoms with E-state index in [1.165, 1.54) is 11.3 Å². The van der Waals surface area contributed by atoms with Gasteiger partial charge in [0.25, 0.3) is 0 Å². The summed E-state index contributed by atoms with van der Waals surface area (Å²) in [6, 6.07) is 17.3. The van der Waals surface area contributed by atoms with Crippen LogP contribution in [0.15, 0.2) is 65.7 Å². The van der Waals surface area contributed by atoms with Crippen LogP contribution in [-0.4, -0.2) is 14.4 Å². The molecule has 0 unspecified atom stereocenters. The largest absolute Gasteiger partial charge is 0.366 e. The van der Waals surface area contributed by atoms with Crippen molar-refractivity contribution in [2.75, 3.05) is 5.32 Å². The summed E-state index contributed by atoms with van der Waals surface area (Å²) in [5.74, 6) is 0.664. The molecule has 5 rings (SSSR count). The topological polar surface area (TPSA) is 83.1 Å². The summed E-state index contributed by atoms with van der Waals surface area (Å²) >= 11 is 1.43. The normalized spacial score (nSPS) is 11.1. The van der Waals surface area contributed by atoms with E-state index in [0.29, 0.717) is 28.2 Å². The standard InChI is InChI=1S/C21H13N5OS/c22-11-15-19(27)14-5-6-18(24-12-13-7-9-23-10-8-13)25-20(14)26-16-3-1-2-4-17(16)28-21(15)26/h1-10H,12H2,(H,24,25). The van der Waals surface area contributed by atoms with Gasteiger partial charge in [-0.3, -0.25) is 14.2 Å². The molecule has 0 saturated heterocycles. The van der Waals surface area contributed by atoms with Crippen LogP contribution < -0.4 is 10.7 Å². The molecule has 1 N–H and O–H groups in total. The van der Waals surface area contributed by atoms with Crippen molar-refractivity contribution in [3.8, 4) is 6.07 Å². The molecule has 5 aromatic rings. The summed E-state index contributed by atoms with van der Waals surface area (Å²) in [5.41, 5.74) is 2.45. The Kier molecular flexibility index (Phi) is 3.78. The molecular formula is C21H13N5OS. The molecule has 0 bridgehead atoms. The van der Waals surface area contributed by atoms with Crippen molar-refractivity contribution in [1.82, 2.24) is 14.4 Å². The number of thiazole rings is 1. The third kappa shape index (κ3) is 2.51. The van der Waals surface area contributed by atoms with Crippen LogP contribution in [0.2, 0.25) is 0 Å². The SMILES string of the molecule is N#Cc1c(=O)c2ccc(NCc3ccncc3)nc2n2c1sc1ccccc12. The number of nitriles is 1. The molecule has 1 aromatic carbocycles. The fraction of sp³-hybridized carbons (Fsp3) is 0.0476. The Hall–Kier alpha value is -3.76. The Morgan fingerprint density at radius 3 is 2.75 bits per heavy atom. The van der Waals surface area contributed by atoms with Gasteiger partial charge in [0.2, 0.25) is 5.43 Å². The van der Waals surface area contributed by atoms with Crippen molar-refractivity contribution >= 4 is 43.2 Å². The number of nitrogens with zero attached hydrogens (tertiary/aromatic N) is 4. The van der Waals surface area contributed by atoms with Gasteiger partial charge in [0.15, 0.2) is 5.65 Å². The molecule has 0 radical (unpaired) electrons. The molecule has 28 heavy (non-hydrogen) atoms. The van der Waals surface area contributed by atoms with Crippen molar-refractivity contribution in [2.45, 2.75) is 6.54 Å². The van der Waals surface area contributed by atoms with Crippen molar-refractivity contribution in [1.29, 1.82) is 5.26 Å². The molecular weight excluding hydrogens is 370 g/mol. The van der Waals surface area contributed by atoms with Crippen molar-refractivity contribution in [3.63, 3.8) is 0 Å². The average molecular weight is 383 g/mol. The lowest BCUT2D eigenvalue weighted by molar-refractivity contribution is 1.10. The molecule has 0 atom stereocenters. The minimum atomic E-state index is -0.280. The van der Waals surface area contributed by atoms with Crippen molar-refractivity contribution in [3.05, 3.63) is 82.3 Å². The van der Waals surface area contributed by atoms with Gasteiger partial charge in [-0.05, 0) is 42.0 Å². The fourth-order valence-electron chi connectivity index (χ4n) is 3.28. The summed E-state index contributed by atoms with van der Waals surface area (Å²) in [4.78, 5) is 22.2. The third-order valence-electron chi connectivity index (χ3n) is 4.62. The first-order valence-electron chi connectivity index (χ1n) is 8.66. The number of nitrogens with one attached hydrogen (secondary N) is 1. The highest BCUT2D eigenvalue weighted by Crippen LogP contribution is 2.30. The Bertz CT molecular complexity index is 1450. The maximum atomic E-state index is 12.8. The number of benzene rings is 1. The van der Waals surface area contributed by atoms with Gasteiger partial charge in [-0.25, -0.2) is 4.98 Å². The highest BCUT2D eigenvalue weighted by Gasteiger charge is 2.17. The average Bonchev–Trinajstić information content (AvgIpc) is 3.12. The van der Waals surface area contributed by atoms with Crippen LogP contribution in [0.5, 0.6) is 0 Å². The molecule has 0 aliphatic rings. The van der Waals surface area contributed by atoms with E-state index in [1.807, 2.05) is 40.8 Å². The second kappa shape index (κ2) is 6.44. The lowest BCUT2D eigenvalue weighted by Gasteiger charge is -2.09. The van der Waals surface area contributed by atoms with Gasteiger partial charge < -0.3 is 5.32 Å². The lowest BCUT2D eigenvalue weighted by Crippen LogP contribution is -2.12. The first kappa shape index (κ1) is 16.4. The molecule has 0 aliphatic carbocycles. The number of fused-ring (bicyclic) bond motifs is 5. The van der Waals surface area contributed by atoms with Crippen molar-refractivity contribution in [2.24, 2.45) is 0 Å². The van der Waals surface area contributed by atoms with Gasteiger partial charge in [0.05, 0.1) is 15.6 Å². The van der Waals surface area contributed by atoms with Crippen LogP contribution in [0.1, 0.15) is 11.1 Å². The smallest absolute Gasteiger partial charge is 0.210 e. The maximum Gasteiger partial charge on any atom is 0.210 e. The maximum absolute atomic E-state index is 12.8. The quantitative estimate of drug-likeness (QED) is 0.510. The molecule has 6 nitrogen and oxygen atoms in total. The Balaban J connectivity index is 1.75. The van der Waals surface area contributed by atoms with Crippen LogP contribution in [0.25, 0.3) is 26.1 Å². The van der Waals surface area contributed by atoms with E-state index in [4.69, 9.17) is 4.98 Å². The van der Waals surface area contributed by atoms with E-state index < -0.39 is 0 Å². The van der Waals surface area contributed by atoms with E-state index >= 15 is 0 Å². The second-order valence-electron chi connectivity index (χ2n) is 6.30. The van der Waals surface area contributed by atoms with E-state index in [2.05, 4.69) is 16.4 Å². The van der Waals surface area contributed by atoms with Gasteiger partial charge in [-0.15, -0.1) is 11.3 Å². The van der Waals surface area contributed by atoms with Gasteiger partial charge >= 0.3 is 0 Å². The molecule has 0 amide bonds. The number of rotatable bonds is 3. The molecule has 4 heterocycles. The van der Waals surface area contributed by atoms with Crippen LogP contribution in [-0.2, 0) is 6.54 Å². The Morgan fingerprint density at radius 1 is 1.11 bits per heavy atom. The predicted octanol–water partition coefficient (Wildman–Crippen LogP) is 3.94. The minimum Gasteiger partial charge on any atom is -0.366 e. The minimum absolute atomic E-state index is 0.160. The Labute approximate surface area is 163 Å². The van der Waals surface area contributed by atoms with Gasteiger partial charge in [0.1, 0.15) is 22.3 Å². The number of hydrogen-bond acceptors (Lipinski definition) is 6. The number of anilines is 1. The van der Waals surface area contributed by atoms with Crippen LogP contribution in [0, 0.1) is 11.3 Å². The highest BCUT2D eigenvalue weighted by molar-refractivity contribution is 7.24. The molecule has 0 aliphatic heterocycles. The predicted molar refractivity (Wildman–Crippen MR) is 111 cm³/mol. The van der Waals surface area contributed by atoms with E-state index in [0.717, 1.165) is 15.8 Å². The van der Waals surface area contributed by atoms with E-state index in [-0.39, 0.29) is 11.0 Å². The molecule has 134 valence electrons. The van der Waals surface area contributed by atoms with Crippen LogP contribution >= 0.6 is 11.3 Å². The zero-order valence-corrected chi connectivity index (χ0v) is 15.4. The highest BCUT2D eigenvalue weighted by atomic mass is 32.1. The third-order valence-corrected chi connectivity index (χ3v) is 5.77. The summed E-state index contributed by atoms with van der Waals surface area (Å²) in [5, 5.41) is 13.3. The molecule has 0 spiro atoms. The molecule has 0 fully saturated rings. The fourth-order valence-corrected chi connectivity index (χ4v) is 4.41. The van der Waals surface area contributed by atoms with E-state index in [1.54, 1.807) is 24.5 Å². The van der Waals surface area contributed by atoms with Crippen LogP contribution in [0.4, 0.5) is 5.82 Å². The first-order valence-corrected chi connectivity index (χ1v) is 9.48. The number of pyridine rings is 3. The van der Waals surface area contributed by atoms with Crippen LogP contribution in [0.3, 0.4) is 0 Å². The zero-order chi connectivity index (χ0) is 19.1. The van der Waals surface area contributed by atoms with Gasteiger partial charge in [0, 0.05) is 18.9 Å². The summed E-state index contributed by atoms with van der Waals surface area (Å²) in [6.07, 6.45) is 3.49. The van der Waals surface area contributed by atoms with Gasteiger partial charge in [-0.2, -0.15) is 5.26 Å². The van der Waals surface area contributed by atoms with Crippen molar-refractivity contribution < 1.29 is 0 Å². The first-order chi connectivity index (χ1) is 13.8. The molecule has 7 heteroatoms. The zero-order valence-electron chi connectivity index (χ0n) is 14.6. The molecule has 4 aromatic heterocycles. The van der Waals surface area contributed by atoms with Gasteiger partial charge in [-0.1, -0.05) is 12.1 Å². The summed E-state index contributed by atoms with van der Waals surface area (Å²) in [6.45, 7) is 0.597. The summed E-state index contributed by atoms with van der Waals surface area (Å²) in [7, 11) is 0.